The van der Waals surface area contributed by atoms with Crippen LogP contribution in [0.4, 0.5) is 11.4 Å². The lowest BCUT2D eigenvalue weighted by Crippen LogP contribution is -2.18. The third-order valence-corrected chi connectivity index (χ3v) is 5.85. The van der Waals surface area contributed by atoms with Crippen LogP contribution in [0.1, 0.15) is 16.1 Å². The highest BCUT2D eigenvalue weighted by atomic mass is 16.5. The first-order valence-electron chi connectivity index (χ1n) is 11.5. The number of methoxy groups -OCH3 is 1. The molecule has 178 valence electrons. The van der Waals surface area contributed by atoms with Crippen LogP contribution in [0.5, 0.6) is 5.75 Å². The molecule has 1 aromatic heterocycles. The second-order valence-corrected chi connectivity index (χ2v) is 8.24. The standard InChI is InChI=1S/C30H24N2O4/c1-35-26-14-8-6-12-24(26)31-30(34)29-28(23-11-5-7-13-25(23)36-29)32-27(33)19-20-15-17-22(18-16-20)21-9-3-2-4-10-21/h2-18H,19H2,1H3,(H,31,34)(H,32,33). The smallest absolute Gasteiger partial charge is 0.293 e. The predicted molar refractivity (Wildman–Crippen MR) is 141 cm³/mol. The minimum absolute atomic E-state index is 0.0230. The predicted octanol–water partition coefficient (Wildman–Crippen LogP) is 6.54. The minimum Gasteiger partial charge on any atom is -0.495 e. The maximum Gasteiger partial charge on any atom is 0.293 e. The molecular weight excluding hydrogens is 452 g/mol. The highest BCUT2D eigenvalue weighted by Crippen LogP contribution is 2.33. The zero-order valence-corrected chi connectivity index (χ0v) is 19.7. The number of anilines is 2. The van der Waals surface area contributed by atoms with Gasteiger partial charge in [-0.25, -0.2) is 0 Å². The number of ether oxygens (including phenoxy) is 1. The Labute approximate surface area is 208 Å². The zero-order chi connectivity index (χ0) is 24.9. The number of fused-ring (bicyclic) bond motifs is 1. The molecule has 0 radical (unpaired) electrons. The molecule has 0 saturated carbocycles. The Morgan fingerprint density at radius 3 is 2.19 bits per heavy atom. The van der Waals surface area contributed by atoms with Crippen LogP contribution in [-0.4, -0.2) is 18.9 Å². The van der Waals surface area contributed by atoms with Crippen LogP contribution in [0.2, 0.25) is 0 Å². The molecule has 5 rings (SSSR count). The topological polar surface area (TPSA) is 80.6 Å². The normalized spacial score (nSPS) is 10.7. The molecule has 4 aromatic carbocycles. The largest absolute Gasteiger partial charge is 0.495 e. The fraction of sp³-hybridized carbons (Fsp3) is 0.0667. The number of amides is 2. The zero-order valence-electron chi connectivity index (χ0n) is 19.7. The molecule has 0 atom stereocenters. The van der Waals surface area contributed by atoms with Crippen LogP contribution in [0.3, 0.4) is 0 Å². The lowest BCUT2D eigenvalue weighted by Gasteiger charge is -2.10. The van der Waals surface area contributed by atoms with Crippen LogP contribution in [0.25, 0.3) is 22.1 Å². The van der Waals surface area contributed by atoms with Crippen molar-refractivity contribution in [3.8, 4) is 16.9 Å². The number of rotatable bonds is 7. The van der Waals surface area contributed by atoms with Crippen molar-refractivity contribution in [3.05, 3.63) is 114 Å². The molecule has 0 aliphatic heterocycles. The summed E-state index contributed by atoms with van der Waals surface area (Å²) in [7, 11) is 1.53. The number of carbonyl (C=O) groups is 2. The van der Waals surface area contributed by atoms with Gasteiger partial charge in [0.1, 0.15) is 17.0 Å². The van der Waals surface area contributed by atoms with Gasteiger partial charge in [-0.05, 0) is 41.0 Å². The fourth-order valence-corrected chi connectivity index (χ4v) is 4.07. The average Bonchev–Trinajstić information content (AvgIpc) is 3.28. The van der Waals surface area contributed by atoms with Crippen molar-refractivity contribution in [3.63, 3.8) is 0 Å². The van der Waals surface area contributed by atoms with Crippen LogP contribution in [-0.2, 0) is 11.2 Å². The lowest BCUT2D eigenvalue weighted by atomic mass is 10.0. The first kappa shape index (κ1) is 22.9. The van der Waals surface area contributed by atoms with E-state index in [1.165, 1.54) is 7.11 Å². The number of hydrogen-bond donors (Lipinski definition) is 2. The first-order chi connectivity index (χ1) is 17.6. The van der Waals surface area contributed by atoms with Gasteiger partial charge in [0, 0.05) is 5.39 Å². The summed E-state index contributed by atoms with van der Waals surface area (Å²) >= 11 is 0. The Bertz CT molecular complexity index is 1520. The van der Waals surface area contributed by atoms with Gasteiger partial charge < -0.3 is 19.8 Å². The van der Waals surface area contributed by atoms with E-state index in [0.29, 0.717) is 28.1 Å². The van der Waals surface area contributed by atoms with Crippen molar-refractivity contribution in [2.75, 3.05) is 17.7 Å². The van der Waals surface area contributed by atoms with Crippen LogP contribution in [0.15, 0.2) is 108 Å². The number of hydrogen-bond acceptors (Lipinski definition) is 4. The number of furan rings is 1. The summed E-state index contributed by atoms with van der Waals surface area (Å²) in [5, 5.41) is 6.36. The molecule has 0 unspecified atom stereocenters. The third-order valence-electron chi connectivity index (χ3n) is 5.85. The summed E-state index contributed by atoms with van der Waals surface area (Å²) in [6, 6.07) is 32.2. The van der Waals surface area contributed by atoms with E-state index in [4.69, 9.17) is 9.15 Å². The number of benzene rings is 4. The number of nitrogens with one attached hydrogen (secondary N) is 2. The molecule has 0 spiro atoms. The van der Waals surface area contributed by atoms with Gasteiger partial charge in [-0.2, -0.15) is 0 Å². The van der Waals surface area contributed by atoms with E-state index in [-0.39, 0.29) is 18.1 Å². The van der Waals surface area contributed by atoms with E-state index >= 15 is 0 Å². The van der Waals surface area contributed by atoms with Crippen LogP contribution in [0, 0.1) is 0 Å². The highest BCUT2D eigenvalue weighted by Gasteiger charge is 2.23. The van der Waals surface area contributed by atoms with Gasteiger partial charge in [0.05, 0.1) is 19.2 Å². The second kappa shape index (κ2) is 10.2. The van der Waals surface area contributed by atoms with E-state index in [1.807, 2.05) is 78.9 Å². The van der Waals surface area contributed by atoms with Crippen LogP contribution < -0.4 is 15.4 Å². The van der Waals surface area contributed by atoms with Crippen molar-refractivity contribution in [2.45, 2.75) is 6.42 Å². The maximum atomic E-state index is 13.2. The highest BCUT2D eigenvalue weighted by molar-refractivity contribution is 6.15. The molecule has 2 amide bonds. The van der Waals surface area contributed by atoms with Gasteiger partial charge in [-0.3, -0.25) is 9.59 Å². The molecule has 36 heavy (non-hydrogen) atoms. The summed E-state index contributed by atoms with van der Waals surface area (Å²) < 4.78 is 11.2. The molecule has 6 nitrogen and oxygen atoms in total. The first-order valence-corrected chi connectivity index (χ1v) is 11.5. The van der Waals surface area contributed by atoms with Crippen molar-refractivity contribution in [1.29, 1.82) is 0 Å². The average molecular weight is 477 g/mol. The monoisotopic (exact) mass is 476 g/mol. The third kappa shape index (κ3) is 4.83. The van der Waals surface area contributed by atoms with E-state index in [9.17, 15) is 9.59 Å². The molecule has 2 N–H and O–H groups in total. The minimum atomic E-state index is -0.488. The molecule has 0 aliphatic carbocycles. The van der Waals surface area contributed by atoms with Crippen molar-refractivity contribution < 1.29 is 18.7 Å². The quantitative estimate of drug-likeness (QED) is 0.279. The summed E-state index contributed by atoms with van der Waals surface area (Å²) in [4.78, 5) is 26.2. The molecular formula is C30H24N2O4. The Morgan fingerprint density at radius 2 is 1.42 bits per heavy atom. The molecule has 1 heterocycles. The van der Waals surface area contributed by atoms with E-state index in [2.05, 4.69) is 10.6 Å². The van der Waals surface area contributed by atoms with Crippen molar-refractivity contribution in [2.24, 2.45) is 0 Å². The van der Waals surface area contributed by atoms with Gasteiger partial charge in [-0.15, -0.1) is 0 Å². The Balaban J connectivity index is 1.37. The summed E-state index contributed by atoms with van der Waals surface area (Å²) in [5.41, 5.74) is 4.40. The Kier molecular flexibility index (Phi) is 6.49. The Hall–Kier alpha value is -4.84. The number of carbonyl (C=O) groups excluding carboxylic acids is 2. The van der Waals surface area contributed by atoms with Crippen LogP contribution >= 0.6 is 0 Å². The van der Waals surface area contributed by atoms with E-state index < -0.39 is 5.91 Å². The second-order valence-electron chi connectivity index (χ2n) is 8.24. The van der Waals surface area contributed by atoms with Gasteiger partial charge in [0.2, 0.25) is 11.7 Å². The molecule has 0 bridgehead atoms. The Morgan fingerprint density at radius 1 is 0.750 bits per heavy atom. The maximum absolute atomic E-state index is 13.2. The molecule has 6 heteroatoms. The lowest BCUT2D eigenvalue weighted by molar-refractivity contribution is -0.115. The van der Waals surface area contributed by atoms with Crippen molar-refractivity contribution >= 4 is 34.2 Å². The van der Waals surface area contributed by atoms with Gasteiger partial charge in [0.25, 0.3) is 5.91 Å². The molecule has 5 aromatic rings. The molecule has 0 fully saturated rings. The van der Waals surface area contributed by atoms with E-state index in [1.54, 1.807) is 24.3 Å². The number of para-hydroxylation sites is 3. The SMILES string of the molecule is COc1ccccc1NC(=O)c1oc2ccccc2c1NC(=O)Cc1ccc(-c2ccccc2)cc1. The fourth-order valence-electron chi connectivity index (χ4n) is 4.07. The van der Waals surface area contributed by atoms with Gasteiger partial charge in [-0.1, -0.05) is 78.9 Å². The van der Waals surface area contributed by atoms with E-state index in [0.717, 1.165) is 16.7 Å². The summed E-state index contributed by atoms with van der Waals surface area (Å²) in [6.07, 6.45) is 0.155. The molecule has 0 aliphatic rings. The summed E-state index contributed by atoms with van der Waals surface area (Å²) in [5.74, 6) is -0.194. The van der Waals surface area contributed by atoms with Crippen molar-refractivity contribution in [1.82, 2.24) is 0 Å². The van der Waals surface area contributed by atoms with Gasteiger partial charge >= 0.3 is 0 Å². The summed E-state index contributed by atoms with van der Waals surface area (Å²) in [6.45, 7) is 0. The molecule has 0 saturated heterocycles. The van der Waals surface area contributed by atoms with Gasteiger partial charge in [0.15, 0.2) is 0 Å².